The molecule has 0 unspecified atom stereocenters. The smallest absolute Gasteiger partial charge is 0.255 e. The third-order valence-corrected chi connectivity index (χ3v) is 5.54. The average molecular weight is 389 g/mol. The number of anilines is 1. The molecule has 5 rings (SSSR count). The molecule has 0 bridgehead atoms. The number of hydrogen-bond acceptors (Lipinski definition) is 4. The Labute approximate surface area is 169 Å². The van der Waals surface area contributed by atoms with Crippen LogP contribution in [-0.2, 0) is 0 Å². The summed E-state index contributed by atoms with van der Waals surface area (Å²) in [5.74, 6) is 0.784. The molecule has 3 aromatic rings. The van der Waals surface area contributed by atoms with Crippen LogP contribution in [0, 0.1) is 13.8 Å². The van der Waals surface area contributed by atoms with Crippen LogP contribution in [0.2, 0.25) is 0 Å². The van der Waals surface area contributed by atoms with Crippen LogP contribution in [0.1, 0.15) is 47.4 Å². The standard InChI is InChI=1S/C23H23N3O3/c1-15-13-16(2)26(25-15)19-8-5-17(6-9-19)22(27)24-18-7-10-20-21(14-18)29-23(28-20)11-3-4-12-23/h5-10,13-14H,3-4,11-12H2,1-2H3,(H,24,27). The molecule has 1 saturated carbocycles. The van der Waals surface area contributed by atoms with Crippen molar-refractivity contribution < 1.29 is 14.3 Å². The number of rotatable bonds is 3. The van der Waals surface area contributed by atoms with E-state index in [2.05, 4.69) is 10.4 Å². The van der Waals surface area contributed by atoms with Crippen LogP contribution >= 0.6 is 0 Å². The van der Waals surface area contributed by atoms with E-state index in [4.69, 9.17) is 9.47 Å². The van der Waals surface area contributed by atoms with Crippen LogP contribution in [0.5, 0.6) is 11.5 Å². The van der Waals surface area contributed by atoms with Crippen molar-refractivity contribution in [3.05, 3.63) is 65.5 Å². The van der Waals surface area contributed by atoms with Gasteiger partial charge in [-0.25, -0.2) is 4.68 Å². The summed E-state index contributed by atoms with van der Waals surface area (Å²) in [5, 5.41) is 7.42. The highest BCUT2D eigenvalue weighted by Crippen LogP contribution is 2.47. The molecule has 0 saturated heterocycles. The minimum atomic E-state index is -0.496. The van der Waals surface area contributed by atoms with Crippen LogP contribution in [0.3, 0.4) is 0 Å². The van der Waals surface area contributed by atoms with E-state index in [0.29, 0.717) is 17.0 Å². The Bertz CT molecular complexity index is 1080. The van der Waals surface area contributed by atoms with Crippen molar-refractivity contribution in [2.75, 3.05) is 5.32 Å². The maximum Gasteiger partial charge on any atom is 0.255 e. The zero-order valence-corrected chi connectivity index (χ0v) is 16.6. The van der Waals surface area contributed by atoms with Gasteiger partial charge in [-0.15, -0.1) is 0 Å². The number of aryl methyl sites for hydroxylation is 2. The van der Waals surface area contributed by atoms with Gasteiger partial charge in [0, 0.05) is 35.9 Å². The van der Waals surface area contributed by atoms with Gasteiger partial charge in [0.2, 0.25) is 0 Å². The van der Waals surface area contributed by atoms with E-state index >= 15 is 0 Å². The second-order valence-corrected chi connectivity index (χ2v) is 7.82. The summed E-state index contributed by atoms with van der Waals surface area (Å²) in [4.78, 5) is 12.7. The second kappa shape index (κ2) is 6.65. The highest BCUT2D eigenvalue weighted by atomic mass is 16.7. The molecule has 1 aliphatic heterocycles. The summed E-state index contributed by atoms with van der Waals surface area (Å²) < 4.78 is 14.0. The third-order valence-electron chi connectivity index (χ3n) is 5.54. The summed E-state index contributed by atoms with van der Waals surface area (Å²) in [7, 11) is 0. The number of benzene rings is 2. The summed E-state index contributed by atoms with van der Waals surface area (Å²) >= 11 is 0. The predicted octanol–water partition coefficient (Wildman–Crippen LogP) is 4.78. The van der Waals surface area contributed by atoms with E-state index in [1.165, 1.54) is 0 Å². The van der Waals surface area contributed by atoms with Crippen molar-refractivity contribution in [3.63, 3.8) is 0 Å². The van der Waals surface area contributed by atoms with Crippen molar-refractivity contribution in [2.24, 2.45) is 0 Å². The first kappa shape index (κ1) is 17.8. The SMILES string of the molecule is Cc1cc(C)n(-c2ccc(C(=O)Nc3ccc4c(c3)OC3(CCCC3)O4)cc2)n1. The van der Waals surface area contributed by atoms with Crippen molar-refractivity contribution in [2.45, 2.75) is 45.3 Å². The van der Waals surface area contributed by atoms with Crippen LogP contribution in [0.25, 0.3) is 5.69 Å². The minimum absolute atomic E-state index is 0.167. The van der Waals surface area contributed by atoms with E-state index in [0.717, 1.165) is 48.5 Å². The van der Waals surface area contributed by atoms with E-state index in [1.54, 1.807) is 0 Å². The molecule has 148 valence electrons. The first-order valence-electron chi connectivity index (χ1n) is 9.99. The van der Waals surface area contributed by atoms with Crippen LogP contribution in [-0.4, -0.2) is 21.5 Å². The van der Waals surface area contributed by atoms with Gasteiger partial charge in [0.15, 0.2) is 11.5 Å². The van der Waals surface area contributed by atoms with Gasteiger partial charge in [-0.3, -0.25) is 4.79 Å². The number of carbonyl (C=O) groups excluding carboxylic acids is 1. The quantitative estimate of drug-likeness (QED) is 0.700. The number of amides is 1. The predicted molar refractivity (Wildman–Crippen MR) is 110 cm³/mol. The minimum Gasteiger partial charge on any atom is -0.448 e. The zero-order chi connectivity index (χ0) is 20.0. The Hall–Kier alpha value is -3.28. The number of hydrogen-bond donors (Lipinski definition) is 1. The topological polar surface area (TPSA) is 65.4 Å². The molecule has 29 heavy (non-hydrogen) atoms. The monoisotopic (exact) mass is 389 g/mol. The molecule has 1 fully saturated rings. The van der Waals surface area contributed by atoms with Gasteiger partial charge >= 0.3 is 0 Å². The molecule has 1 aliphatic carbocycles. The van der Waals surface area contributed by atoms with Crippen molar-refractivity contribution in [1.29, 1.82) is 0 Å². The van der Waals surface area contributed by atoms with E-state index < -0.39 is 5.79 Å². The lowest BCUT2D eigenvalue weighted by Crippen LogP contribution is -2.34. The maximum atomic E-state index is 12.7. The van der Waals surface area contributed by atoms with Gasteiger partial charge in [-0.1, -0.05) is 0 Å². The van der Waals surface area contributed by atoms with Crippen molar-refractivity contribution >= 4 is 11.6 Å². The number of aromatic nitrogens is 2. The number of nitrogens with one attached hydrogen (secondary N) is 1. The van der Waals surface area contributed by atoms with E-state index in [-0.39, 0.29) is 5.91 Å². The molecular formula is C23H23N3O3. The lowest BCUT2D eigenvalue weighted by molar-refractivity contribution is -0.0716. The van der Waals surface area contributed by atoms with E-state index in [9.17, 15) is 4.79 Å². The van der Waals surface area contributed by atoms with Gasteiger partial charge in [0.1, 0.15) is 0 Å². The average Bonchev–Trinajstić information content (AvgIpc) is 3.40. The van der Waals surface area contributed by atoms with Gasteiger partial charge in [-0.2, -0.15) is 5.10 Å². The largest absolute Gasteiger partial charge is 0.448 e. The fourth-order valence-electron chi connectivity index (χ4n) is 4.14. The normalized spacial score (nSPS) is 16.3. The molecular weight excluding hydrogens is 366 g/mol. The fraction of sp³-hybridized carbons (Fsp3) is 0.304. The maximum absolute atomic E-state index is 12.7. The van der Waals surface area contributed by atoms with Crippen LogP contribution in [0.15, 0.2) is 48.5 Å². The third kappa shape index (κ3) is 3.24. The van der Waals surface area contributed by atoms with Crippen molar-refractivity contribution in [1.82, 2.24) is 9.78 Å². The Morgan fingerprint density at radius 2 is 1.72 bits per heavy atom. The highest BCUT2D eigenvalue weighted by molar-refractivity contribution is 6.04. The Balaban J connectivity index is 1.31. The molecule has 2 heterocycles. The summed E-state index contributed by atoms with van der Waals surface area (Å²) in [6, 6.07) is 15.0. The summed E-state index contributed by atoms with van der Waals surface area (Å²) in [6.07, 6.45) is 4.05. The molecule has 6 heteroatoms. The van der Waals surface area contributed by atoms with Crippen molar-refractivity contribution in [3.8, 4) is 17.2 Å². The Morgan fingerprint density at radius 3 is 2.41 bits per heavy atom. The van der Waals surface area contributed by atoms with E-state index in [1.807, 2.05) is 67.1 Å². The number of ether oxygens (including phenoxy) is 2. The Kier molecular flexibility index (Phi) is 4.08. The van der Waals surface area contributed by atoms with Gasteiger partial charge < -0.3 is 14.8 Å². The highest BCUT2D eigenvalue weighted by Gasteiger charge is 2.44. The molecule has 2 aromatic carbocycles. The van der Waals surface area contributed by atoms with Gasteiger partial charge in [0.25, 0.3) is 11.7 Å². The van der Waals surface area contributed by atoms with Crippen LogP contribution in [0.4, 0.5) is 5.69 Å². The first-order chi connectivity index (χ1) is 14.0. The summed E-state index contributed by atoms with van der Waals surface area (Å²) in [5.41, 5.74) is 4.22. The summed E-state index contributed by atoms with van der Waals surface area (Å²) in [6.45, 7) is 3.97. The molecule has 0 atom stereocenters. The number of carbonyl (C=O) groups is 1. The zero-order valence-electron chi connectivity index (χ0n) is 16.6. The van der Waals surface area contributed by atoms with Gasteiger partial charge in [-0.05, 0) is 69.2 Å². The second-order valence-electron chi connectivity index (χ2n) is 7.82. The number of nitrogens with zero attached hydrogens (tertiary/aromatic N) is 2. The Morgan fingerprint density at radius 1 is 1.00 bits per heavy atom. The number of fused-ring (bicyclic) bond motifs is 1. The molecule has 1 N–H and O–H groups in total. The lowest BCUT2D eigenvalue weighted by atomic mass is 10.2. The molecule has 2 aliphatic rings. The fourth-order valence-corrected chi connectivity index (χ4v) is 4.14. The van der Waals surface area contributed by atoms with Crippen LogP contribution < -0.4 is 14.8 Å². The first-order valence-corrected chi connectivity index (χ1v) is 9.99. The molecule has 1 amide bonds. The molecule has 1 spiro atoms. The lowest BCUT2D eigenvalue weighted by Gasteiger charge is -2.21. The van der Waals surface area contributed by atoms with Gasteiger partial charge in [0.05, 0.1) is 11.4 Å². The molecule has 0 radical (unpaired) electrons. The molecule has 6 nitrogen and oxygen atoms in total. The molecule has 1 aromatic heterocycles.